The lowest BCUT2D eigenvalue weighted by molar-refractivity contribution is 0.298. The van der Waals surface area contributed by atoms with Crippen LogP contribution in [0.25, 0.3) is 11.0 Å². The molecule has 0 fully saturated rings. The lowest BCUT2D eigenvalue weighted by atomic mass is 10.1. The Balaban J connectivity index is 2.07. The van der Waals surface area contributed by atoms with Gasteiger partial charge in [-0.05, 0) is 45.9 Å². The molecular formula is C21H28N4. The number of fused-ring (bicyclic) bond motifs is 1. The minimum absolute atomic E-state index is 0.362. The third-order valence-electron chi connectivity index (χ3n) is 4.40. The highest BCUT2D eigenvalue weighted by molar-refractivity contribution is 5.76. The van der Waals surface area contributed by atoms with Crippen LogP contribution in [-0.2, 0) is 6.54 Å². The number of para-hydroxylation sites is 2. The maximum atomic E-state index is 5.02. The van der Waals surface area contributed by atoms with Crippen LogP contribution < -0.4 is 0 Å². The van der Waals surface area contributed by atoms with Crippen molar-refractivity contribution >= 4 is 11.0 Å². The van der Waals surface area contributed by atoms with Crippen LogP contribution in [0, 0.1) is 0 Å². The fraction of sp³-hybridized carbons (Fsp3) is 0.381. The van der Waals surface area contributed by atoms with E-state index >= 15 is 0 Å². The molecule has 3 aromatic rings. The van der Waals surface area contributed by atoms with Gasteiger partial charge in [0.25, 0.3) is 0 Å². The van der Waals surface area contributed by atoms with Crippen molar-refractivity contribution in [2.24, 2.45) is 0 Å². The van der Waals surface area contributed by atoms with E-state index in [1.165, 1.54) is 16.9 Å². The monoisotopic (exact) mass is 336 g/mol. The highest BCUT2D eigenvalue weighted by Crippen LogP contribution is 2.24. The molecule has 4 nitrogen and oxygen atoms in total. The molecule has 25 heavy (non-hydrogen) atoms. The normalized spacial score (nSPS) is 12.0. The van der Waals surface area contributed by atoms with Gasteiger partial charge in [-0.2, -0.15) is 0 Å². The average Bonchev–Trinajstić information content (AvgIpc) is 2.93. The van der Waals surface area contributed by atoms with Gasteiger partial charge in [0, 0.05) is 25.6 Å². The summed E-state index contributed by atoms with van der Waals surface area (Å²) in [6.07, 6.45) is 0. The molecule has 132 valence electrons. The van der Waals surface area contributed by atoms with Gasteiger partial charge in [-0.15, -0.1) is 0 Å². The molecule has 0 aliphatic carbocycles. The molecule has 0 aliphatic heterocycles. The van der Waals surface area contributed by atoms with Crippen LogP contribution in [0.4, 0.5) is 0 Å². The SMILES string of the molecule is CN(C)CC(CN(C)C)c1nc2ccccc2n1Cc1ccccc1. The molecule has 0 spiro atoms. The molecule has 1 aromatic heterocycles. The number of hydrogen-bond donors (Lipinski definition) is 0. The second-order valence-corrected chi connectivity index (χ2v) is 7.25. The quantitative estimate of drug-likeness (QED) is 0.662. The van der Waals surface area contributed by atoms with E-state index in [9.17, 15) is 0 Å². The zero-order valence-corrected chi connectivity index (χ0v) is 15.7. The number of hydrogen-bond acceptors (Lipinski definition) is 3. The molecule has 0 amide bonds. The molecule has 0 bridgehead atoms. The number of nitrogens with zero attached hydrogens (tertiary/aromatic N) is 4. The van der Waals surface area contributed by atoms with Gasteiger partial charge < -0.3 is 14.4 Å². The molecule has 0 atom stereocenters. The Bertz CT molecular complexity index is 795. The van der Waals surface area contributed by atoms with Crippen molar-refractivity contribution in [2.45, 2.75) is 12.5 Å². The molecule has 0 unspecified atom stereocenters. The predicted octanol–water partition coefficient (Wildman–Crippen LogP) is 3.29. The second kappa shape index (κ2) is 7.81. The minimum atomic E-state index is 0.362. The topological polar surface area (TPSA) is 24.3 Å². The first kappa shape index (κ1) is 17.6. The summed E-state index contributed by atoms with van der Waals surface area (Å²) in [4.78, 5) is 9.53. The van der Waals surface area contributed by atoms with Gasteiger partial charge in [0.05, 0.1) is 11.0 Å². The summed E-state index contributed by atoms with van der Waals surface area (Å²) in [6.45, 7) is 2.82. The van der Waals surface area contributed by atoms with E-state index in [1.54, 1.807) is 0 Å². The van der Waals surface area contributed by atoms with Crippen molar-refractivity contribution in [3.63, 3.8) is 0 Å². The van der Waals surface area contributed by atoms with Crippen molar-refractivity contribution in [3.05, 3.63) is 66.0 Å². The van der Waals surface area contributed by atoms with E-state index < -0.39 is 0 Å². The Labute approximate surface area is 150 Å². The van der Waals surface area contributed by atoms with Crippen LogP contribution in [0.5, 0.6) is 0 Å². The van der Waals surface area contributed by atoms with E-state index in [0.717, 1.165) is 25.2 Å². The predicted molar refractivity (Wildman–Crippen MR) is 105 cm³/mol. The molecule has 3 rings (SSSR count). The zero-order valence-electron chi connectivity index (χ0n) is 15.7. The molecule has 0 N–H and O–H groups in total. The van der Waals surface area contributed by atoms with E-state index in [0.29, 0.717) is 5.92 Å². The zero-order chi connectivity index (χ0) is 17.8. The average molecular weight is 336 g/mol. The van der Waals surface area contributed by atoms with Crippen molar-refractivity contribution in [3.8, 4) is 0 Å². The van der Waals surface area contributed by atoms with E-state index in [-0.39, 0.29) is 0 Å². The Morgan fingerprint density at radius 2 is 1.44 bits per heavy atom. The van der Waals surface area contributed by atoms with Crippen LogP contribution in [0.3, 0.4) is 0 Å². The van der Waals surface area contributed by atoms with Gasteiger partial charge >= 0.3 is 0 Å². The first-order valence-corrected chi connectivity index (χ1v) is 8.83. The Morgan fingerprint density at radius 1 is 0.840 bits per heavy atom. The van der Waals surface area contributed by atoms with Crippen LogP contribution >= 0.6 is 0 Å². The van der Waals surface area contributed by atoms with Crippen molar-refractivity contribution in [1.82, 2.24) is 19.4 Å². The largest absolute Gasteiger partial charge is 0.323 e. The van der Waals surface area contributed by atoms with Crippen LogP contribution in [0.2, 0.25) is 0 Å². The maximum Gasteiger partial charge on any atom is 0.115 e. The molecule has 0 saturated carbocycles. The summed E-state index contributed by atoms with van der Waals surface area (Å²) in [7, 11) is 8.53. The van der Waals surface area contributed by atoms with Gasteiger partial charge in [-0.1, -0.05) is 42.5 Å². The first-order chi connectivity index (χ1) is 12.0. The Kier molecular flexibility index (Phi) is 5.51. The summed E-state index contributed by atoms with van der Waals surface area (Å²) in [5, 5.41) is 0. The second-order valence-electron chi connectivity index (χ2n) is 7.25. The Morgan fingerprint density at radius 3 is 2.08 bits per heavy atom. The number of likely N-dealkylation sites (N-methyl/N-ethyl adjacent to an activating group) is 2. The molecule has 1 heterocycles. The van der Waals surface area contributed by atoms with Gasteiger partial charge in [0.1, 0.15) is 5.82 Å². The standard InChI is InChI=1S/C21H28N4/c1-23(2)15-18(16-24(3)4)21-22-19-12-8-9-13-20(19)25(21)14-17-10-6-5-7-11-17/h5-13,18H,14-16H2,1-4H3. The van der Waals surface area contributed by atoms with Crippen molar-refractivity contribution in [1.29, 1.82) is 0 Å². The van der Waals surface area contributed by atoms with Crippen LogP contribution in [-0.4, -0.2) is 60.6 Å². The summed E-state index contributed by atoms with van der Waals surface area (Å²) in [5.74, 6) is 1.54. The Hall–Kier alpha value is -2.17. The van der Waals surface area contributed by atoms with Gasteiger partial charge in [0.2, 0.25) is 0 Å². The van der Waals surface area contributed by atoms with Crippen LogP contribution in [0.15, 0.2) is 54.6 Å². The van der Waals surface area contributed by atoms with Gasteiger partial charge in [-0.3, -0.25) is 0 Å². The molecule has 4 heteroatoms. The molecule has 2 aromatic carbocycles. The number of aromatic nitrogens is 2. The molecular weight excluding hydrogens is 308 g/mol. The number of benzene rings is 2. The first-order valence-electron chi connectivity index (χ1n) is 8.83. The van der Waals surface area contributed by atoms with E-state index in [1.807, 2.05) is 0 Å². The minimum Gasteiger partial charge on any atom is -0.323 e. The molecule has 0 aliphatic rings. The third-order valence-corrected chi connectivity index (χ3v) is 4.40. The highest BCUT2D eigenvalue weighted by atomic mass is 15.1. The summed E-state index contributed by atoms with van der Waals surface area (Å²) in [6, 6.07) is 19.1. The van der Waals surface area contributed by atoms with Crippen molar-refractivity contribution in [2.75, 3.05) is 41.3 Å². The summed E-state index contributed by atoms with van der Waals surface area (Å²) >= 11 is 0. The smallest absolute Gasteiger partial charge is 0.115 e. The van der Waals surface area contributed by atoms with Crippen molar-refractivity contribution < 1.29 is 0 Å². The maximum absolute atomic E-state index is 5.02. The summed E-state index contributed by atoms with van der Waals surface area (Å²) < 4.78 is 2.39. The fourth-order valence-electron chi connectivity index (χ4n) is 3.44. The number of imidazole rings is 1. The highest BCUT2D eigenvalue weighted by Gasteiger charge is 2.22. The van der Waals surface area contributed by atoms with E-state index in [4.69, 9.17) is 4.98 Å². The van der Waals surface area contributed by atoms with Gasteiger partial charge in [0.15, 0.2) is 0 Å². The summed E-state index contributed by atoms with van der Waals surface area (Å²) in [5.41, 5.74) is 3.60. The van der Waals surface area contributed by atoms with Gasteiger partial charge in [-0.25, -0.2) is 4.98 Å². The van der Waals surface area contributed by atoms with E-state index in [2.05, 4.69) is 97.2 Å². The van der Waals surface area contributed by atoms with Crippen LogP contribution in [0.1, 0.15) is 17.3 Å². The third kappa shape index (κ3) is 4.27. The lowest BCUT2D eigenvalue weighted by Gasteiger charge is -2.25. The fourth-order valence-corrected chi connectivity index (χ4v) is 3.44. The lowest BCUT2D eigenvalue weighted by Crippen LogP contribution is -2.31. The molecule has 0 radical (unpaired) electrons. The molecule has 0 saturated heterocycles. The number of rotatable bonds is 7.